The van der Waals surface area contributed by atoms with Crippen LogP contribution in [0, 0.1) is 18.2 Å². The first kappa shape index (κ1) is 14.1. The van der Waals surface area contributed by atoms with Gasteiger partial charge in [-0.2, -0.15) is 5.10 Å². The molecule has 6 heteroatoms. The summed E-state index contributed by atoms with van der Waals surface area (Å²) in [5.74, 6) is 1.97. The van der Waals surface area contributed by atoms with E-state index in [1.807, 2.05) is 0 Å². The standard InChI is InChI=1S/C14H11ClFN3O/c1-2-7-19-14(20)13(11(15)9-18-19)17-8-10-5-3-4-6-12(10)16/h1,3-6,9,17H,7-8H2. The predicted molar refractivity (Wildman–Crippen MR) is 76.1 cm³/mol. The van der Waals surface area contributed by atoms with E-state index in [0.29, 0.717) is 5.56 Å². The number of terminal acetylenes is 1. The highest BCUT2D eigenvalue weighted by Crippen LogP contribution is 2.16. The molecule has 1 N–H and O–H groups in total. The smallest absolute Gasteiger partial charge is 0.292 e. The molecule has 0 radical (unpaired) electrons. The third-order valence-corrected chi connectivity index (χ3v) is 2.94. The Morgan fingerprint density at radius 2 is 2.20 bits per heavy atom. The van der Waals surface area contributed by atoms with Crippen LogP contribution in [-0.4, -0.2) is 9.78 Å². The van der Waals surface area contributed by atoms with E-state index in [9.17, 15) is 9.18 Å². The molecule has 0 atom stereocenters. The number of halogens is 2. The number of rotatable bonds is 4. The van der Waals surface area contributed by atoms with Crippen molar-refractivity contribution in [3.63, 3.8) is 0 Å². The average Bonchev–Trinajstić information content (AvgIpc) is 2.44. The maximum atomic E-state index is 13.5. The summed E-state index contributed by atoms with van der Waals surface area (Å²) in [6.45, 7) is 0.187. The molecular weight excluding hydrogens is 281 g/mol. The number of anilines is 1. The van der Waals surface area contributed by atoms with Gasteiger partial charge in [0.25, 0.3) is 5.56 Å². The van der Waals surface area contributed by atoms with E-state index < -0.39 is 5.56 Å². The third kappa shape index (κ3) is 2.98. The van der Waals surface area contributed by atoms with Crippen LogP contribution >= 0.6 is 11.6 Å². The number of nitrogens with one attached hydrogen (secondary N) is 1. The Morgan fingerprint density at radius 3 is 2.90 bits per heavy atom. The van der Waals surface area contributed by atoms with Crippen LogP contribution in [0.3, 0.4) is 0 Å². The van der Waals surface area contributed by atoms with E-state index >= 15 is 0 Å². The van der Waals surface area contributed by atoms with Gasteiger partial charge in [0, 0.05) is 12.1 Å². The van der Waals surface area contributed by atoms with Gasteiger partial charge in [0.2, 0.25) is 0 Å². The molecule has 0 spiro atoms. The van der Waals surface area contributed by atoms with Gasteiger partial charge in [-0.05, 0) is 6.07 Å². The first-order valence-electron chi connectivity index (χ1n) is 5.80. The van der Waals surface area contributed by atoms with Crippen LogP contribution in [0.15, 0.2) is 35.3 Å². The van der Waals surface area contributed by atoms with Gasteiger partial charge in [-0.3, -0.25) is 4.79 Å². The van der Waals surface area contributed by atoms with E-state index in [2.05, 4.69) is 16.3 Å². The molecule has 0 fully saturated rings. The number of nitrogens with zero attached hydrogens (tertiary/aromatic N) is 2. The number of hydrogen-bond acceptors (Lipinski definition) is 3. The average molecular weight is 292 g/mol. The van der Waals surface area contributed by atoms with Crippen LogP contribution in [0.25, 0.3) is 0 Å². The molecule has 1 aromatic carbocycles. The van der Waals surface area contributed by atoms with Crippen molar-refractivity contribution in [2.45, 2.75) is 13.1 Å². The largest absolute Gasteiger partial charge is 0.375 e. The minimum Gasteiger partial charge on any atom is -0.375 e. The Balaban J connectivity index is 2.26. The summed E-state index contributed by atoms with van der Waals surface area (Å²) in [6.07, 6.45) is 6.47. The van der Waals surface area contributed by atoms with E-state index in [1.165, 1.54) is 12.3 Å². The fourth-order valence-electron chi connectivity index (χ4n) is 1.65. The second-order valence-corrected chi connectivity index (χ2v) is 4.39. The second kappa shape index (κ2) is 6.22. The minimum absolute atomic E-state index is 0.0460. The molecule has 2 rings (SSSR count). The van der Waals surface area contributed by atoms with Crippen molar-refractivity contribution in [3.05, 3.63) is 57.2 Å². The normalized spacial score (nSPS) is 10.1. The van der Waals surface area contributed by atoms with Gasteiger partial charge in [-0.25, -0.2) is 9.07 Å². The van der Waals surface area contributed by atoms with Crippen LogP contribution in [0.4, 0.5) is 10.1 Å². The SMILES string of the molecule is C#CCn1ncc(Cl)c(NCc2ccccc2F)c1=O. The second-order valence-electron chi connectivity index (χ2n) is 3.98. The van der Waals surface area contributed by atoms with Crippen LogP contribution in [-0.2, 0) is 13.1 Å². The van der Waals surface area contributed by atoms with Crippen LogP contribution in [0.1, 0.15) is 5.56 Å². The Kier molecular flexibility index (Phi) is 4.38. The van der Waals surface area contributed by atoms with Crippen molar-refractivity contribution in [2.75, 3.05) is 5.32 Å². The predicted octanol–water partition coefficient (Wildman–Crippen LogP) is 2.28. The third-order valence-electron chi connectivity index (χ3n) is 2.65. The van der Waals surface area contributed by atoms with Crippen molar-refractivity contribution in [1.29, 1.82) is 0 Å². The summed E-state index contributed by atoms with van der Waals surface area (Å²) in [5.41, 5.74) is 0.148. The molecule has 4 nitrogen and oxygen atoms in total. The maximum Gasteiger partial charge on any atom is 0.292 e. The Morgan fingerprint density at radius 1 is 1.45 bits per heavy atom. The monoisotopic (exact) mass is 291 g/mol. The van der Waals surface area contributed by atoms with Crippen molar-refractivity contribution in [2.24, 2.45) is 0 Å². The number of benzene rings is 1. The topological polar surface area (TPSA) is 46.9 Å². The van der Waals surface area contributed by atoms with E-state index in [4.69, 9.17) is 18.0 Å². The minimum atomic E-state index is -0.438. The van der Waals surface area contributed by atoms with Gasteiger partial charge in [0.1, 0.15) is 18.0 Å². The molecule has 0 bridgehead atoms. The summed E-state index contributed by atoms with van der Waals surface area (Å²) in [7, 11) is 0. The Hall–Kier alpha value is -2.32. The van der Waals surface area contributed by atoms with Crippen LogP contribution < -0.4 is 10.9 Å². The van der Waals surface area contributed by atoms with E-state index in [0.717, 1.165) is 4.68 Å². The van der Waals surface area contributed by atoms with E-state index in [1.54, 1.807) is 18.2 Å². The molecular formula is C14H11ClFN3O. The molecule has 20 heavy (non-hydrogen) atoms. The summed E-state index contributed by atoms with van der Waals surface area (Å²) >= 11 is 5.92. The first-order chi connectivity index (χ1) is 9.63. The molecule has 0 aliphatic heterocycles. The molecule has 0 unspecified atom stereocenters. The van der Waals surface area contributed by atoms with Crippen molar-refractivity contribution < 1.29 is 4.39 Å². The molecule has 1 aromatic heterocycles. The lowest BCUT2D eigenvalue weighted by molar-refractivity contribution is 0.612. The van der Waals surface area contributed by atoms with Crippen LogP contribution in [0.5, 0.6) is 0 Å². The zero-order valence-electron chi connectivity index (χ0n) is 10.4. The van der Waals surface area contributed by atoms with Gasteiger partial charge >= 0.3 is 0 Å². The molecule has 1 heterocycles. The summed E-state index contributed by atoms with van der Waals surface area (Å²) in [6, 6.07) is 6.28. The van der Waals surface area contributed by atoms with Gasteiger partial charge in [-0.1, -0.05) is 35.7 Å². The first-order valence-corrected chi connectivity index (χ1v) is 6.17. The lowest BCUT2D eigenvalue weighted by Gasteiger charge is -2.09. The molecule has 0 aliphatic rings. The fraction of sp³-hybridized carbons (Fsp3) is 0.143. The highest BCUT2D eigenvalue weighted by molar-refractivity contribution is 6.32. The molecule has 102 valence electrons. The summed E-state index contributed by atoms with van der Waals surface area (Å²) in [4.78, 5) is 12.1. The van der Waals surface area contributed by atoms with Crippen molar-refractivity contribution >= 4 is 17.3 Å². The zero-order valence-corrected chi connectivity index (χ0v) is 11.2. The Labute approximate surface area is 120 Å². The van der Waals surface area contributed by atoms with E-state index in [-0.39, 0.29) is 29.6 Å². The lowest BCUT2D eigenvalue weighted by atomic mass is 10.2. The van der Waals surface area contributed by atoms with Crippen molar-refractivity contribution in [3.8, 4) is 12.3 Å². The van der Waals surface area contributed by atoms with Gasteiger partial charge in [0.05, 0.1) is 11.2 Å². The lowest BCUT2D eigenvalue weighted by Crippen LogP contribution is -2.25. The van der Waals surface area contributed by atoms with Gasteiger partial charge in [0.15, 0.2) is 0 Å². The molecule has 0 saturated heterocycles. The van der Waals surface area contributed by atoms with Gasteiger partial charge in [-0.15, -0.1) is 6.42 Å². The Bertz CT molecular complexity index is 721. The zero-order chi connectivity index (χ0) is 14.5. The molecule has 0 aliphatic carbocycles. The summed E-state index contributed by atoms with van der Waals surface area (Å²) in [5, 5.41) is 6.81. The quantitative estimate of drug-likeness (QED) is 0.879. The molecule has 2 aromatic rings. The maximum absolute atomic E-state index is 13.5. The van der Waals surface area contributed by atoms with Crippen molar-refractivity contribution in [1.82, 2.24) is 9.78 Å². The number of aromatic nitrogens is 2. The highest BCUT2D eigenvalue weighted by atomic mass is 35.5. The van der Waals surface area contributed by atoms with Gasteiger partial charge < -0.3 is 5.32 Å². The van der Waals surface area contributed by atoms with Crippen LogP contribution in [0.2, 0.25) is 5.02 Å². The molecule has 0 saturated carbocycles. The molecule has 0 amide bonds. The fourth-order valence-corrected chi connectivity index (χ4v) is 1.84. The highest BCUT2D eigenvalue weighted by Gasteiger charge is 2.10. The summed E-state index contributed by atoms with van der Waals surface area (Å²) < 4.78 is 14.6. The number of hydrogen-bond donors (Lipinski definition) is 1.